The van der Waals surface area contributed by atoms with Crippen LogP contribution in [0.2, 0.25) is 0 Å². The fourth-order valence-electron chi connectivity index (χ4n) is 3.49. The number of nitrogens with one attached hydrogen (secondary N) is 1. The molecule has 0 aliphatic carbocycles. The van der Waals surface area contributed by atoms with Crippen molar-refractivity contribution in [3.8, 4) is 28.5 Å². The largest absolute Gasteiger partial charge is 0.493 e. The van der Waals surface area contributed by atoms with E-state index in [2.05, 4.69) is 4.72 Å². The topological polar surface area (TPSA) is 86.8 Å². The summed E-state index contributed by atoms with van der Waals surface area (Å²) in [5.74, 6) is 1.41. The third-order valence-electron chi connectivity index (χ3n) is 5.06. The summed E-state index contributed by atoms with van der Waals surface area (Å²) in [6.07, 6.45) is 0. The zero-order valence-electron chi connectivity index (χ0n) is 18.5. The molecule has 0 bridgehead atoms. The van der Waals surface area contributed by atoms with Crippen LogP contribution < -0.4 is 18.9 Å². The number of rotatable bonds is 8. The first kappa shape index (κ1) is 22.4. The van der Waals surface area contributed by atoms with E-state index >= 15 is 0 Å². The van der Waals surface area contributed by atoms with Crippen molar-refractivity contribution < 1.29 is 22.6 Å². The summed E-state index contributed by atoms with van der Waals surface area (Å²) in [5.41, 5.74) is 2.85. The molecule has 4 aromatic rings. The molecule has 0 spiro atoms. The smallest absolute Gasteiger partial charge is 0.262 e. The van der Waals surface area contributed by atoms with E-state index < -0.39 is 10.0 Å². The maximum Gasteiger partial charge on any atom is 0.262 e. The number of hydrogen-bond donors (Lipinski definition) is 1. The summed E-state index contributed by atoms with van der Waals surface area (Å²) in [6.45, 7) is 2.37. The predicted molar refractivity (Wildman–Crippen MR) is 129 cm³/mol. The summed E-state index contributed by atoms with van der Waals surface area (Å²) in [5, 5.41) is 0.712. The normalized spacial score (nSPS) is 11.2. The zero-order valence-corrected chi connectivity index (χ0v) is 19.3. The van der Waals surface area contributed by atoms with Gasteiger partial charge in [0.2, 0.25) is 0 Å². The second kappa shape index (κ2) is 9.38. The molecule has 170 valence electrons. The van der Waals surface area contributed by atoms with Crippen LogP contribution in [0.4, 0.5) is 5.69 Å². The molecule has 0 aliphatic heterocycles. The lowest BCUT2D eigenvalue weighted by atomic mass is 10.1. The number of anilines is 1. The van der Waals surface area contributed by atoms with E-state index in [1.54, 1.807) is 24.3 Å². The van der Waals surface area contributed by atoms with Gasteiger partial charge in [0.25, 0.3) is 10.0 Å². The minimum absolute atomic E-state index is 0.0582. The summed E-state index contributed by atoms with van der Waals surface area (Å²) in [7, 11) is -0.915. The Bertz CT molecular complexity index is 1390. The molecular weight excluding hydrogens is 440 g/mol. The Morgan fingerprint density at radius 2 is 1.61 bits per heavy atom. The Hall–Kier alpha value is -3.78. The first-order chi connectivity index (χ1) is 15.9. The summed E-state index contributed by atoms with van der Waals surface area (Å²) < 4.78 is 44.9. The first-order valence-corrected chi connectivity index (χ1v) is 11.8. The fourth-order valence-corrected chi connectivity index (χ4v) is 4.55. The van der Waals surface area contributed by atoms with Crippen LogP contribution in [0.1, 0.15) is 6.92 Å². The summed E-state index contributed by atoms with van der Waals surface area (Å²) in [6, 6.07) is 21.3. The Balaban J connectivity index is 1.72. The van der Waals surface area contributed by atoms with Crippen molar-refractivity contribution in [3.63, 3.8) is 0 Å². The van der Waals surface area contributed by atoms with Crippen LogP contribution in [-0.4, -0.2) is 34.2 Å². The van der Waals surface area contributed by atoms with E-state index in [9.17, 15) is 8.42 Å². The maximum atomic E-state index is 13.0. The van der Waals surface area contributed by atoms with Crippen LogP contribution in [0, 0.1) is 0 Å². The van der Waals surface area contributed by atoms with Gasteiger partial charge in [-0.25, -0.2) is 13.4 Å². The van der Waals surface area contributed by atoms with E-state index in [0.29, 0.717) is 40.4 Å². The lowest BCUT2D eigenvalue weighted by Crippen LogP contribution is -2.13. The van der Waals surface area contributed by atoms with E-state index in [4.69, 9.17) is 19.2 Å². The van der Waals surface area contributed by atoms with Crippen molar-refractivity contribution in [1.29, 1.82) is 0 Å². The molecule has 0 radical (unpaired) electrons. The van der Waals surface area contributed by atoms with Crippen LogP contribution in [0.5, 0.6) is 17.2 Å². The highest BCUT2D eigenvalue weighted by Gasteiger charge is 2.18. The van der Waals surface area contributed by atoms with Gasteiger partial charge >= 0.3 is 0 Å². The molecule has 1 N–H and O–H groups in total. The molecule has 3 aromatic carbocycles. The van der Waals surface area contributed by atoms with Crippen LogP contribution in [0.15, 0.2) is 77.7 Å². The number of nitrogens with zero attached hydrogens (tertiary/aromatic N) is 1. The van der Waals surface area contributed by atoms with Gasteiger partial charge in [-0.2, -0.15) is 0 Å². The predicted octanol–water partition coefficient (Wildman–Crippen LogP) is 5.12. The average Bonchev–Trinajstić information content (AvgIpc) is 2.84. The van der Waals surface area contributed by atoms with Crippen LogP contribution in [0.3, 0.4) is 0 Å². The molecular formula is C25H24N2O5S. The Morgan fingerprint density at radius 1 is 0.848 bits per heavy atom. The molecule has 1 aromatic heterocycles. The average molecular weight is 465 g/mol. The number of methoxy groups -OCH3 is 2. The van der Waals surface area contributed by atoms with E-state index in [1.807, 2.05) is 43.3 Å². The number of ether oxygens (including phenoxy) is 3. The Kier molecular flexibility index (Phi) is 6.37. The number of sulfonamides is 1. The van der Waals surface area contributed by atoms with Gasteiger partial charge in [-0.1, -0.05) is 30.3 Å². The van der Waals surface area contributed by atoms with E-state index in [1.165, 1.54) is 26.4 Å². The van der Waals surface area contributed by atoms with Gasteiger partial charge in [0.05, 0.1) is 36.9 Å². The number of pyridine rings is 1. The molecule has 0 fully saturated rings. The van der Waals surface area contributed by atoms with Crippen LogP contribution >= 0.6 is 0 Å². The van der Waals surface area contributed by atoms with Crippen molar-refractivity contribution in [2.75, 3.05) is 25.5 Å². The lowest BCUT2D eigenvalue weighted by Gasteiger charge is -2.14. The standard InChI is InChI=1S/C25H24N2O5S/c1-4-32-24-16-22(17-8-6-5-7-9-17)26-21-12-10-18(14-20(21)24)27-33(28,29)19-11-13-23(30-2)25(15-19)31-3/h5-16,27H,4H2,1-3H3. The molecule has 7 nitrogen and oxygen atoms in total. The van der Waals surface area contributed by atoms with Gasteiger partial charge < -0.3 is 14.2 Å². The van der Waals surface area contributed by atoms with Gasteiger partial charge in [0.15, 0.2) is 11.5 Å². The van der Waals surface area contributed by atoms with Crippen molar-refractivity contribution in [2.24, 2.45) is 0 Å². The maximum absolute atomic E-state index is 13.0. The van der Waals surface area contributed by atoms with Gasteiger partial charge in [0, 0.05) is 28.8 Å². The molecule has 1 heterocycles. The molecule has 0 amide bonds. The minimum atomic E-state index is -3.86. The second-order valence-electron chi connectivity index (χ2n) is 7.16. The third kappa shape index (κ3) is 4.70. The molecule has 0 saturated heterocycles. The van der Waals surface area contributed by atoms with Gasteiger partial charge in [-0.3, -0.25) is 4.72 Å². The zero-order chi connectivity index (χ0) is 23.4. The highest BCUT2D eigenvalue weighted by atomic mass is 32.2. The number of hydrogen-bond acceptors (Lipinski definition) is 6. The molecule has 33 heavy (non-hydrogen) atoms. The lowest BCUT2D eigenvalue weighted by molar-refractivity contribution is 0.344. The number of benzene rings is 3. The molecule has 0 aliphatic rings. The SMILES string of the molecule is CCOc1cc(-c2ccccc2)nc2ccc(NS(=O)(=O)c3ccc(OC)c(OC)c3)cc12. The molecule has 0 saturated carbocycles. The van der Waals surface area contributed by atoms with Gasteiger partial charge in [-0.15, -0.1) is 0 Å². The fraction of sp³-hybridized carbons (Fsp3) is 0.160. The molecule has 8 heteroatoms. The van der Waals surface area contributed by atoms with Gasteiger partial charge in [-0.05, 0) is 37.3 Å². The monoisotopic (exact) mass is 464 g/mol. The van der Waals surface area contributed by atoms with E-state index in [0.717, 1.165) is 11.3 Å². The number of aromatic nitrogens is 1. The molecule has 0 unspecified atom stereocenters. The summed E-state index contributed by atoms with van der Waals surface area (Å²) in [4.78, 5) is 4.80. The quantitative estimate of drug-likeness (QED) is 0.390. The number of fused-ring (bicyclic) bond motifs is 1. The Morgan fingerprint density at radius 3 is 2.30 bits per heavy atom. The first-order valence-electron chi connectivity index (χ1n) is 10.3. The second-order valence-corrected chi connectivity index (χ2v) is 8.84. The van der Waals surface area contributed by atoms with Crippen LogP contribution in [0.25, 0.3) is 22.2 Å². The highest BCUT2D eigenvalue weighted by Crippen LogP contribution is 2.33. The van der Waals surface area contributed by atoms with Crippen molar-refractivity contribution >= 4 is 26.6 Å². The molecule has 0 atom stereocenters. The van der Waals surface area contributed by atoms with E-state index in [-0.39, 0.29) is 4.90 Å². The summed E-state index contributed by atoms with van der Waals surface area (Å²) >= 11 is 0. The van der Waals surface area contributed by atoms with Crippen molar-refractivity contribution in [2.45, 2.75) is 11.8 Å². The minimum Gasteiger partial charge on any atom is -0.493 e. The Labute approximate surface area is 193 Å². The van der Waals surface area contributed by atoms with Crippen molar-refractivity contribution in [3.05, 3.63) is 72.8 Å². The molecule has 4 rings (SSSR count). The van der Waals surface area contributed by atoms with Crippen molar-refractivity contribution in [1.82, 2.24) is 4.98 Å². The van der Waals surface area contributed by atoms with Crippen LogP contribution in [-0.2, 0) is 10.0 Å². The third-order valence-corrected chi connectivity index (χ3v) is 6.44. The highest BCUT2D eigenvalue weighted by molar-refractivity contribution is 7.92. The van der Waals surface area contributed by atoms with Gasteiger partial charge in [0.1, 0.15) is 5.75 Å².